The van der Waals surface area contributed by atoms with Crippen LogP contribution in [0.2, 0.25) is 0 Å². The lowest BCUT2D eigenvalue weighted by molar-refractivity contribution is 0.130. The van der Waals surface area contributed by atoms with Crippen LogP contribution in [0.25, 0.3) is 11.1 Å². The van der Waals surface area contributed by atoms with E-state index in [1.165, 1.54) is 5.56 Å². The van der Waals surface area contributed by atoms with E-state index < -0.39 is 5.60 Å². The van der Waals surface area contributed by atoms with Crippen molar-refractivity contribution >= 4 is 0 Å². The minimum absolute atomic E-state index is 0.929. The van der Waals surface area contributed by atoms with Crippen molar-refractivity contribution < 1.29 is 5.11 Å². The molecule has 108 valence electrons. The Bertz CT molecular complexity index is 861. The van der Waals surface area contributed by atoms with E-state index in [4.69, 9.17) is 0 Å². The molecular weight excluding hydrogens is 268 g/mol. The maximum atomic E-state index is 11.7. The Morgan fingerprint density at radius 2 is 1.41 bits per heavy atom. The molecule has 0 spiro atoms. The Kier molecular flexibility index (Phi) is 2.75. The van der Waals surface area contributed by atoms with E-state index in [1.54, 1.807) is 0 Å². The lowest BCUT2D eigenvalue weighted by atomic mass is 9.82. The summed E-state index contributed by atoms with van der Waals surface area (Å²) in [5.74, 6) is 0. The number of benzene rings is 3. The third-order valence-electron chi connectivity index (χ3n) is 4.71. The van der Waals surface area contributed by atoms with Crippen LogP contribution in [-0.2, 0) is 5.60 Å². The average Bonchev–Trinajstić information content (AvgIpc) is 2.80. The molecule has 3 aromatic rings. The Morgan fingerprint density at radius 1 is 0.727 bits per heavy atom. The highest BCUT2D eigenvalue weighted by Gasteiger charge is 2.43. The van der Waals surface area contributed by atoms with Crippen LogP contribution in [0.5, 0.6) is 0 Å². The molecule has 1 heteroatoms. The summed E-state index contributed by atoms with van der Waals surface area (Å²) >= 11 is 0. The molecule has 22 heavy (non-hydrogen) atoms. The van der Waals surface area contributed by atoms with Crippen LogP contribution in [0, 0.1) is 13.8 Å². The molecular formula is C21H18O. The van der Waals surface area contributed by atoms with Gasteiger partial charge in [0.25, 0.3) is 0 Å². The maximum Gasteiger partial charge on any atom is 0.142 e. The highest BCUT2D eigenvalue weighted by atomic mass is 16.3. The Balaban J connectivity index is 2.10. The number of fused-ring (bicyclic) bond motifs is 3. The Labute approximate surface area is 130 Å². The van der Waals surface area contributed by atoms with Gasteiger partial charge in [0, 0.05) is 11.1 Å². The predicted octanol–water partition coefficient (Wildman–Crippen LogP) is 4.57. The molecule has 1 unspecified atom stereocenters. The van der Waals surface area contributed by atoms with Crippen LogP contribution in [0.15, 0.2) is 66.7 Å². The number of rotatable bonds is 1. The molecule has 0 saturated heterocycles. The largest absolute Gasteiger partial charge is 0.376 e. The number of hydrogen-bond acceptors (Lipinski definition) is 1. The van der Waals surface area contributed by atoms with E-state index in [9.17, 15) is 5.11 Å². The van der Waals surface area contributed by atoms with E-state index >= 15 is 0 Å². The molecule has 1 aliphatic carbocycles. The van der Waals surface area contributed by atoms with Crippen molar-refractivity contribution in [2.24, 2.45) is 0 Å². The predicted molar refractivity (Wildman–Crippen MR) is 89.9 cm³/mol. The minimum Gasteiger partial charge on any atom is -0.376 e. The van der Waals surface area contributed by atoms with Gasteiger partial charge in [-0.05, 0) is 36.1 Å². The van der Waals surface area contributed by atoms with Gasteiger partial charge in [-0.3, -0.25) is 0 Å². The maximum absolute atomic E-state index is 11.7. The van der Waals surface area contributed by atoms with Gasteiger partial charge in [0.1, 0.15) is 5.60 Å². The molecule has 0 heterocycles. The first-order chi connectivity index (χ1) is 10.6. The molecule has 1 nitrogen and oxygen atoms in total. The fourth-order valence-corrected chi connectivity index (χ4v) is 3.64. The topological polar surface area (TPSA) is 20.2 Å². The van der Waals surface area contributed by atoms with Gasteiger partial charge in [-0.15, -0.1) is 0 Å². The second kappa shape index (κ2) is 4.56. The second-order valence-corrected chi connectivity index (χ2v) is 6.12. The van der Waals surface area contributed by atoms with E-state index in [2.05, 4.69) is 50.2 Å². The number of hydrogen-bond donors (Lipinski definition) is 1. The van der Waals surface area contributed by atoms with Gasteiger partial charge in [-0.1, -0.05) is 72.3 Å². The molecule has 0 aromatic heterocycles. The third kappa shape index (κ3) is 1.63. The van der Waals surface area contributed by atoms with Crippen molar-refractivity contribution in [3.63, 3.8) is 0 Å². The molecule has 0 bridgehead atoms. The summed E-state index contributed by atoms with van der Waals surface area (Å²) in [6, 6.07) is 22.6. The van der Waals surface area contributed by atoms with E-state index in [0.717, 1.165) is 33.4 Å². The smallest absolute Gasteiger partial charge is 0.142 e. The fourth-order valence-electron chi connectivity index (χ4n) is 3.64. The minimum atomic E-state index is -1.06. The van der Waals surface area contributed by atoms with Gasteiger partial charge in [0.2, 0.25) is 0 Å². The van der Waals surface area contributed by atoms with Gasteiger partial charge >= 0.3 is 0 Å². The summed E-state index contributed by atoms with van der Waals surface area (Å²) < 4.78 is 0. The van der Waals surface area contributed by atoms with Crippen LogP contribution in [0.4, 0.5) is 0 Å². The standard InChI is InChI=1S/C21H18O/c1-14-10-12-16(13-11-14)21(22)19-9-4-3-7-17(19)18-8-5-6-15(2)20(18)21/h3-13,22H,1-2H3. The zero-order valence-electron chi connectivity index (χ0n) is 12.8. The lowest BCUT2D eigenvalue weighted by Crippen LogP contribution is -2.27. The molecule has 0 radical (unpaired) electrons. The van der Waals surface area contributed by atoms with Crippen LogP contribution in [0.1, 0.15) is 27.8 Å². The monoisotopic (exact) mass is 286 g/mol. The Morgan fingerprint density at radius 3 is 2.18 bits per heavy atom. The summed E-state index contributed by atoms with van der Waals surface area (Å²) in [4.78, 5) is 0. The van der Waals surface area contributed by atoms with Crippen molar-refractivity contribution in [1.82, 2.24) is 0 Å². The average molecular weight is 286 g/mol. The zero-order valence-corrected chi connectivity index (χ0v) is 12.8. The first-order valence-electron chi connectivity index (χ1n) is 7.62. The van der Waals surface area contributed by atoms with Crippen molar-refractivity contribution in [2.45, 2.75) is 19.4 Å². The van der Waals surface area contributed by atoms with Crippen molar-refractivity contribution in [3.05, 3.63) is 94.5 Å². The summed E-state index contributed by atoms with van der Waals surface area (Å²) in [6.07, 6.45) is 0. The summed E-state index contributed by atoms with van der Waals surface area (Å²) in [5.41, 5.74) is 6.44. The molecule has 3 aromatic carbocycles. The molecule has 0 aliphatic heterocycles. The van der Waals surface area contributed by atoms with Crippen LogP contribution >= 0.6 is 0 Å². The van der Waals surface area contributed by atoms with Gasteiger partial charge in [-0.2, -0.15) is 0 Å². The second-order valence-electron chi connectivity index (χ2n) is 6.12. The Hall–Kier alpha value is -2.38. The third-order valence-corrected chi connectivity index (χ3v) is 4.71. The van der Waals surface area contributed by atoms with Gasteiger partial charge in [0.05, 0.1) is 0 Å². The fraction of sp³-hybridized carbons (Fsp3) is 0.143. The normalized spacial score (nSPS) is 18.9. The molecule has 0 saturated carbocycles. The summed E-state index contributed by atoms with van der Waals surface area (Å²) in [6.45, 7) is 4.14. The van der Waals surface area contributed by atoms with Crippen LogP contribution in [-0.4, -0.2) is 5.11 Å². The molecule has 0 fully saturated rings. The van der Waals surface area contributed by atoms with E-state index in [0.29, 0.717) is 0 Å². The molecule has 4 rings (SSSR count). The molecule has 1 atom stereocenters. The molecule has 0 amide bonds. The van der Waals surface area contributed by atoms with E-state index in [1.807, 2.05) is 30.3 Å². The summed E-state index contributed by atoms with van der Waals surface area (Å²) in [5, 5.41) is 11.7. The zero-order chi connectivity index (χ0) is 15.3. The number of aryl methyl sites for hydroxylation is 2. The lowest BCUT2D eigenvalue weighted by Gasteiger charge is -2.28. The SMILES string of the molecule is Cc1ccc(C2(O)c3ccccc3-c3cccc(C)c32)cc1. The van der Waals surface area contributed by atoms with Gasteiger partial charge < -0.3 is 5.11 Å². The van der Waals surface area contributed by atoms with Crippen molar-refractivity contribution in [3.8, 4) is 11.1 Å². The van der Waals surface area contributed by atoms with Gasteiger partial charge in [-0.25, -0.2) is 0 Å². The van der Waals surface area contributed by atoms with Crippen molar-refractivity contribution in [2.75, 3.05) is 0 Å². The van der Waals surface area contributed by atoms with Crippen LogP contribution in [0.3, 0.4) is 0 Å². The van der Waals surface area contributed by atoms with Gasteiger partial charge in [0.15, 0.2) is 0 Å². The number of aliphatic hydroxyl groups is 1. The first-order valence-corrected chi connectivity index (χ1v) is 7.62. The quantitative estimate of drug-likeness (QED) is 0.695. The first kappa shape index (κ1) is 13.3. The van der Waals surface area contributed by atoms with E-state index in [-0.39, 0.29) is 0 Å². The van der Waals surface area contributed by atoms with Crippen LogP contribution < -0.4 is 0 Å². The highest BCUT2D eigenvalue weighted by molar-refractivity contribution is 5.83. The van der Waals surface area contributed by atoms with Crippen molar-refractivity contribution in [1.29, 1.82) is 0 Å². The molecule has 1 aliphatic rings. The summed E-state index contributed by atoms with van der Waals surface area (Å²) in [7, 11) is 0. The highest BCUT2D eigenvalue weighted by Crippen LogP contribution is 2.51. The molecule has 1 N–H and O–H groups in total.